The lowest BCUT2D eigenvalue weighted by molar-refractivity contribution is 0.619. The van der Waals surface area contributed by atoms with E-state index in [0.717, 1.165) is 11.3 Å². The second-order valence-corrected chi connectivity index (χ2v) is 5.73. The fourth-order valence-electron chi connectivity index (χ4n) is 2.30. The molecule has 0 atom stereocenters. The maximum atomic E-state index is 13.4. The molecule has 0 aliphatic carbocycles. The number of hydrogen-bond donors (Lipinski definition) is 1. The third-order valence-electron chi connectivity index (χ3n) is 3.13. The Kier molecular flexibility index (Phi) is 4.25. The highest BCUT2D eigenvalue weighted by atomic mass is 79.9. The average molecular weight is 322 g/mol. The zero-order chi connectivity index (χ0) is 14.0. The normalized spacial score (nSPS) is 10.6. The molecule has 0 bridgehead atoms. The molecule has 0 heterocycles. The molecule has 2 rings (SSSR count). The number of aryl methyl sites for hydroxylation is 3. The molecule has 0 saturated carbocycles. The summed E-state index contributed by atoms with van der Waals surface area (Å²) in [4.78, 5) is 0. The third-order valence-corrected chi connectivity index (χ3v) is 3.77. The van der Waals surface area contributed by atoms with Crippen molar-refractivity contribution in [1.29, 1.82) is 0 Å². The summed E-state index contributed by atoms with van der Waals surface area (Å²) in [6.45, 7) is 6.89. The van der Waals surface area contributed by atoms with Crippen LogP contribution in [-0.4, -0.2) is 0 Å². The predicted molar refractivity (Wildman–Crippen MR) is 82.1 cm³/mol. The van der Waals surface area contributed by atoms with Crippen molar-refractivity contribution in [3.63, 3.8) is 0 Å². The molecule has 2 aromatic carbocycles. The summed E-state index contributed by atoms with van der Waals surface area (Å²) < 4.78 is 13.9. The first-order chi connectivity index (χ1) is 8.97. The van der Waals surface area contributed by atoms with Gasteiger partial charge in [0.15, 0.2) is 0 Å². The van der Waals surface area contributed by atoms with Crippen LogP contribution >= 0.6 is 15.9 Å². The Morgan fingerprint density at radius 3 is 2.26 bits per heavy atom. The van der Waals surface area contributed by atoms with Crippen LogP contribution in [0, 0.1) is 26.6 Å². The zero-order valence-electron chi connectivity index (χ0n) is 11.3. The van der Waals surface area contributed by atoms with Crippen LogP contribution in [0.1, 0.15) is 22.3 Å². The number of benzene rings is 2. The van der Waals surface area contributed by atoms with Gasteiger partial charge in [-0.15, -0.1) is 0 Å². The fraction of sp³-hybridized carbons (Fsp3) is 0.250. The number of anilines is 1. The largest absolute Gasteiger partial charge is 0.381 e. The molecule has 19 heavy (non-hydrogen) atoms. The van der Waals surface area contributed by atoms with Crippen LogP contribution in [-0.2, 0) is 6.54 Å². The van der Waals surface area contributed by atoms with E-state index in [1.165, 1.54) is 16.7 Å². The van der Waals surface area contributed by atoms with Crippen molar-refractivity contribution >= 4 is 21.6 Å². The Bertz CT molecular complexity index is 585. The molecule has 0 unspecified atom stereocenters. The number of hydrogen-bond acceptors (Lipinski definition) is 1. The summed E-state index contributed by atoms with van der Waals surface area (Å²) in [6, 6.07) is 9.51. The van der Waals surface area contributed by atoms with Gasteiger partial charge in [0.05, 0.1) is 4.47 Å². The molecule has 100 valence electrons. The third kappa shape index (κ3) is 3.35. The Morgan fingerprint density at radius 2 is 1.68 bits per heavy atom. The van der Waals surface area contributed by atoms with Crippen molar-refractivity contribution in [2.45, 2.75) is 27.3 Å². The molecular formula is C16H17BrFN. The molecule has 0 aliphatic heterocycles. The van der Waals surface area contributed by atoms with Gasteiger partial charge in [-0.25, -0.2) is 4.39 Å². The minimum absolute atomic E-state index is 0.225. The SMILES string of the molecule is Cc1cc(C)c(NCc2ccc(Br)c(F)c2)c(C)c1. The first-order valence-electron chi connectivity index (χ1n) is 6.23. The van der Waals surface area contributed by atoms with Crippen LogP contribution in [0.5, 0.6) is 0 Å². The van der Waals surface area contributed by atoms with E-state index in [1.54, 1.807) is 12.1 Å². The van der Waals surface area contributed by atoms with Gasteiger partial charge < -0.3 is 5.32 Å². The molecular weight excluding hydrogens is 305 g/mol. The first kappa shape index (κ1) is 14.1. The second kappa shape index (κ2) is 5.74. The van der Waals surface area contributed by atoms with E-state index in [4.69, 9.17) is 0 Å². The van der Waals surface area contributed by atoms with Crippen molar-refractivity contribution in [2.24, 2.45) is 0 Å². The van der Waals surface area contributed by atoms with Gasteiger partial charge in [-0.05, 0) is 65.5 Å². The lowest BCUT2D eigenvalue weighted by Gasteiger charge is -2.14. The summed E-state index contributed by atoms with van der Waals surface area (Å²) in [6.07, 6.45) is 0. The fourth-order valence-corrected chi connectivity index (χ4v) is 2.55. The van der Waals surface area contributed by atoms with Gasteiger partial charge in [-0.3, -0.25) is 0 Å². The Hall–Kier alpha value is -1.35. The molecule has 0 radical (unpaired) electrons. The van der Waals surface area contributed by atoms with Gasteiger partial charge in [0.25, 0.3) is 0 Å². The maximum Gasteiger partial charge on any atom is 0.137 e. The van der Waals surface area contributed by atoms with Crippen molar-refractivity contribution < 1.29 is 4.39 Å². The smallest absolute Gasteiger partial charge is 0.137 e. The minimum Gasteiger partial charge on any atom is -0.381 e. The highest BCUT2D eigenvalue weighted by Gasteiger charge is 2.05. The van der Waals surface area contributed by atoms with Crippen LogP contribution in [0.2, 0.25) is 0 Å². The molecule has 0 amide bonds. The molecule has 3 heteroatoms. The Balaban J connectivity index is 2.16. The van der Waals surface area contributed by atoms with Gasteiger partial charge in [-0.2, -0.15) is 0 Å². The van der Waals surface area contributed by atoms with Crippen molar-refractivity contribution in [1.82, 2.24) is 0 Å². The van der Waals surface area contributed by atoms with Crippen molar-refractivity contribution in [2.75, 3.05) is 5.32 Å². The molecule has 1 N–H and O–H groups in total. The monoisotopic (exact) mass is 321 g/mol. The molecule has 0 aromatic heterocycles. The molecule has 0 fully saturated rings. The quantitative estimate of drug-likeness (QED) is 0.826. The lowest BCUT2D eigenvalue weighted by atomic mass is 10.0. The van der Waals surface area contributed by atoms with Gasteiger partial charge in [0.1, 0.15) is 5.82 Å². The topological polar surface area (TPSA) is 12.0 Å². The van der Waals surface area contributed by atoms with E-state index in [9.17, 15) is 4.39 Å². The standard InChI is InChI=1S/C16H17BrFN/c1-10-6-11(2)16(12(3)7-10)19-9-13-4-5-14(17)15(18)8-13/h4-8,19H,9H2,1-3H3. The van der Waals surface area contributed by atoms with Gasteiger partial charge in [0.2, 0.25) is 0 Å². The second-order valence-electron chi connectivity index (χ2n) is 4.88. The summed E-state index contributed by atoms with van der Waals surface area (Å²) >= 11 is 3.16. The van der Waals surface area contributed by atoms with E-state index in [1.807, 2.05) is 6.07 Å². The molecule has 1 nitrogen and oxygen atoms in total. The molecule has 2 aromatic rings. The average Bonchev–Trinajstić information content (AvgIpc) is 2.32. The van der Waals surface area contributed by atoms with E-state index >= 15 is 0 Å². The minimum atomic E-state index is -0.225. The van der Waals surface area contributed by atoms with E-state index in [-0.39, 0.29) is 5.82 Å². The van der Waals surface area contributed by atoms with Crippen LogP contribution in [0.3, 0.4) is 0 Å². The van der Waals surface area contributed by atoms with Crippen LogP contribution < -0.4 is 5.32 Å². The van der Waals surface area contributed by atoms with Gasteiger partial charge >= 0.3 is 0 Å². The number of rotatable bonds is 3. The van der Waals surface area contributed by atoms with Gasteiger partial charge in [0, 0.05) is 12.2 Å². The highest BCUT2D eigenvalue weighted by molar-refractivity contribution is 9.10. The Labute approximate surface area is 122 Å². The molecule has 0 saturated heterocycles. The molecule has 0 spiro atoms. The van der Waals surface area contributed by atoms with Gasteiger partial charge in [-0.1, -0.05) is 23.8 Å². The highest BCUT2D eigenvalue weighted by Crippen LogP contribution is 2.23. The van der Waals surface area contributed by atoms with Crippen molar-refractivity contribution in [3.05, 3.63) is 62.9 Å². The predicted octanol–water partition coefficient (Wildman–Crippen LogP) is 5.13. The van der Waals surface area contributed by atoms with E-state index in [0.29, 0.717) is 11.0 Å². The summed E-state index contributed by atoms with van der Waals surface area (Å²) in [5.74, 6) is -0.225. The van der Waals surface area contributed by atoms with Crippen LogP contribution in [0.25, 0.3) is 0 Å². The van der Waals surface area contributed by atoms with Crippen molar-refractivity contribution in [3.8, 4) is 0 Å². The molecule has 0 aliphatic rings. The Morgan fingerprint density at radius 1 is 1.05 bits per heavy atom. The van der Waals surface area contributed by atoms with Crippen LogP contribution in [0.4, 0.5) is 10.1 Å². The van der Waals surface area contributed by atoms with E-state index in [2.05, 4.69) is 54.2 Å². The lowest BCUT2D eigenvalue weighted by Crippen LogP contribution is -2.03. The maximum absolute atomic E-state index is 13.4. The number of nitrogens with one attached hydrogen (secondary N) is 1. The zero-order valence-corrected chi connectivity index (χ0v) is 12.9. The van der Waals surface area contributed by atoms with E-state index < -0.39 is 0 Å². The first-order valence-corrected chi connectivity index (χ1v) is 7.02. The summed E-state index contributed by atoms with van der Waals surface area (Å²) in [7, 11) is 0. The summed E-state index contributed by atoms with van der Waals surface area (Å²) in [5.41, 5.74) is 5.76. The van der Waals surface area contributed by atoms with Crippen LogP contribution in [0.15, 0.2) is 34.8 Å². The number of halogens is 2. The summed E-state index contributed by atoms with van der Waals surface area (Å²) in [5, 5.41) is 3.39.